The zero-order chi connectivity index (χ0) is 17.9. The Labute approximate surface area is 158 Å². The van der Waals surface area contributed by atoms with E-state index in [1.165, 1.54) is 25.7 Å². The lowest BCUT2D eigenvalue weighted by Gasteiger charge is -2.21. The summed E-state index contributed by atoms with van der Waals surface area (Å²) in [7, 11) is 1.63. The first kappa shape index (κ1) is 17.1. The molecule has 0 radical (unpaired) electrons. The molecule has 0 spiro atoms. The number of methoxy groups -OCH3 is 1. The molecule has 2 aromatic rings. The first-order valence-electron chi connectivity index (χ1n) is 9.09. The minimum absolute atomic E-state index is 0.518. The van der Waals surface area contributed by atoms with Gasteiger partial charge in [-0.05, 0) is 43.9 Å². The predicted octanol–water partition coefficient (Wildman–Crippen LogP) is 3.48. The van der Waals surface area contributed by atoms with Gasteiger partial charge in [-0.1, -0.05) is 11.6 Å². The fourth-order valence-corrected chi connectivity index (χ4v) is 3.60. The van der Waals surface area contributed by atoms with E-state index in [2.05, 4.69) is 25.1 Å². The van der Waals surface area contributed by atoms with E-state index in [4.69, 9.17) is 21.3 Å². The molecule has 26 heavy (non-hydrogen) atoms. The maximum absolute atomic E-state index is 6.14. The summed E-state index contributed by atoms with van der Waals surface area (Å²) in [4.78, 5) is 18.5. The lowest BCUT2D eigenvalue weighted by Crippen LogP contribution is -2.25. The van der Waals surface area contributed by atoms with Crippen molar-refractivity contribution in [2.45, 2.75) is 25.7 Å². The summed E-state index contributed by atoms with van der Waals surface area (Å²) in [5.41, 5.74) is 0.742. The predicted molar refractivity (Wildman–Crippen MR) is 104 cm³/mol. The molecule has 2 saturated heterocycles. The van der Waals surface area contributed by atoms with Gasteiger partial charge in [0.2, 0.25) is 17.8 Å². The van der Waals surface area contributed by atoms with Crippen molar-refractivity contribution in [2.24, 2.45) is 0 Å². The quantitative estimate of drug-likeness (QED) is 0.859. The number of hydrogen-bond acceptors (Lipinski definition) is 7. The van der Waals surface area contributed by atoms with Crippen LogP contribution in [0.2, 0.25) is 5.02 Å². The summed E-state index contributed by atoms with van der Waals surface area (Å²) >= 11 is 6.14. The lowest BCUT2D eigenvalue weighted by molar-refractivity contribution is 0.417. The van der Waals surface area contributed by atoms with Crippen LogP contribution < -0.4 is 19.9 Å². The Morgan fingerprint density at radius 3 is 2.04 bits per heavy atom. The number of halogens is 1. The van der Waals surface area contributed by atoms with Gasteiger partial charge in [0.1, 0.15) is 5.75 Å². The van der Waals surface area contributed by atoms with Crippen molar-refractivity contribution in [3.8, 4) is 5.75 Å². The molecule has 8 heteroatoms. The monoisotopic (exact) mass is 374 g/mol. The van der Waals surface area contributed by atoms with E-state index in [0.29, 0.717) is 16.7 Å². The molecule has 2 fully saturated rings. The second kappa shape index (κ2) is 7.53. The Bertz CT molecular complexity index is 740. The third-order valence-electron chi connectivity index (χ3n) is 4.80. The molecule has 1 N–H and O–H groups in total. The third-order valence-corrected chi connectivity index (χ3v) is 5.03. The van der Waals surface area contributed by atoms with Gasteiger partial charge in [-0.15, -0.1) is 0 Å². The van der Waals surface area contributed by atoms with E-state index >= 15 is 0 Å². The Morgan fingerprint density at radius 1 is 0.923 bits per heavy atom. The Kier molecular flexibility index (Phi) is 4.97. The maximum atomic E-state index is 6.14. The van der Waals surface area contributed by atoms with Crippen LogP contribution in [0.15, 0.2) is 18.2 Å². The lowest BCUT2D eigenvalue weighted by atomic mass is 10.3. The van der Waals surface area contributed by atoms with Gasteiger partial charge in [0.05, 0.1) is 12.8 Å². The standard InChI is InChI=1S/C18H23ClN6O/c1-26-15-7-6-13(19)12-14(15)20-16-21-17(24-8-2-3-9-24)23-18(22-16)25-10-4-5-11-25/h6-7,12H,2-5,8-11H2,1H3,(H,20,21,22,23). The van der Waals surface area contributed by atoms with Crippen molar-refractivity contribution >= 4 is 35.1 Å². The zero-order valence-electron chi connectivity index (χ0n) is 14.9. The summed E-state index contributed by atoms with van der Waals surface area (Å²) in [6, 6.07) is 5.44. The molecule has 4 rings (SSSR count). The molecular weight excluding hydrogens is 352 g/mol. The molecule has 1 aromatic heterocycles. The Balaban J connectivity index is 1.69. The van der Waals surface area contributed by atoms with Crippen LogP contribution in [0.25, 0.3) is 0 Å². The van der Waals surface area contributed by atoms with E-state index in [-0.39, 0.29) is 0 Å². The largest absolute Gasteiger partial charge is 0.495 e. The molecule has 2 aliphatic rings. The van der Waals surface area contributed by atoms with Crippen molar-refractivity contribution in [1.29, 1.82) is 0 Å². The highest BCUT2D eigenvalue weighted by Crippen LogP contribution is 2.31. The molecule has 3 heterocycles. The average molecular weight is 375 g/mol. The van der Waals surface area contributed by atoms with Gasteiger partial charge in [0, 0.05) is 31.2 Å². The van der Waals surface area contributed by atoms with E-state index < -0.39 is 0 Å². The first-order valence-corrected chi connectivity index (χ1v) is 9.47. The van der Waals surface area contributed by atoms with Crippen molar-refractivity contribution in [2.75, 3.05) is 48.4 Å². The minimum Gasteiger partial charge on any atom is -0.495 e. The van der Waals surface area contributed by atoms with Crippen molar-refractivity contribution < 1.29 is 4.74 Å². The van der Waals surface area contributed by atoms with Gasteiger partial charge in [0.15, 0.2) is 0 Å². The van der Waals surface area contributed by atoms with Gasteiger partial charge in [-0.3, -0.25) is 0 Å². The molecule has 0 bridgehead atoms. The molecule has 1 aromatic carbocycles. The number of benzene rings is 1. The fraction of sp³-hybridized carbons (Fsp3) is 0.500. The maximum Gasteiger partial charge on any atom is 0.233 e. The summed E-state index contributed by atoms with van der Waals surface area (Å²) < 4.78 is 5.42. The zero-order valence-corrected chi connectivity index (χ0v) is 15.7. The van der Waals surface area contributed by atoms with Crippen LogP contribution in [0, 0.1) is 0 Å². The highest BCUT2D eigenvalue weighted by Gasteiger charge is 2.22. The molecular formula is C18H23ClN6O. The van der Waals surface area contributed by atoms with Crippen molar-refractivity contribution in [1.82, 2.24) is 15.0 Å². The SMILES string of the molecule is COc1ccc(Cl)cc1Nc1nc(N2CCCC2)nc(N2CCCC2)n1. The molecule has 0 amide bonds. The number of nitrogens with zero attached hydrogens (tertiary/aromatic N) is 5. The van der Waals surface area contributed by atoms with Gasteiger partial charge in [-0.2, -0.15) is 15.0 Å². The second-order valence-corrected chi connectivity index (χ2v) is 7.05. The van der Waals surface area contributed by atoms with E-state index in [1.807, 2.05) is 12.1 Å². The minimum atomic E-state index is 0.518. The number of aromatic nitrogens is 3. The van der Waals surface area contributed by atoms with Gasteiger partial charge < -0.3 is 19.9 Å². The molecule has 138 valence electrons. The van der Waals surface area contributed by atoms with Crippen molar-refractivity contribution in [3.05, 3.63) is 23.2 Å². The van der Waals surface area contributed by atoms with Gasteiger partial charge >= 0.3 is 0 Å². The number of rotatable bonds is 5. The highest BCUT2D eigenvalue weighted by atomic mass is 35.5. The van der Waals surface area contributed by atoms with Crippen LogP contribution in [-0.4, -0.2) is 48.2 Å². The van der Waals surface area contributed by atoms with Crippen LogP contribution in [-0.2, 0) is 0 Å². The van der Waals surface area contributed by atoms with Gasteiger partial charge in [0.25, 0.3) is 0 Å². The number of anilines is 4. The molecule has 0 saturated carbocycles. The van der Waals surface area contributed by atoms with E-state index in [0.717, 1.165) is 43.8 Å². The van der Waals surface area contributed by atoms with Crippen LogP contribution >= 0.6 is 11.6 Å². The van der Waals surface area contributed by atoms with Crippen LogP contribution in [0.1, 0.15) is 25.7 Å². The summed E-state index contributed by atoms with van der Waals surface area (Å²) in [6.07, 6.45) is 4.70. The smallest absolute Gasteiger partial charge is 0.233 e. The molecule has 2 aliphatic heterocycles. The third kappa shape index (κ3) is 3.62. The fourth-order valence-electron chi connectivity index (χ4n) is 3.43. The normalized spacial score (nSPS) is 17.0. The summed E-state index contributed by atoms with van der Waals surface area (Å²) in [5.74, 6) is 2.69. The molecule has 0 unspecified atom stereocenters. The highest BCUT2D eigenvalue weighted by molar-refractivity contribution is 6.31. The van der Waals surface area contributed by atoms with Crippen LogP contribution in [0.3, 0.4) is 0 Å². The Morgan fingerprint density at radius 2 is 1.50 bits per heavy atom. The molecule has 0 aliphatic carbocycles. The van der Waals surface area contributed by atoms with E-state index in [9.17, 15) is 0 Å². The van der Waals surface area contributed by atoms with Crippen LogP contribution in [0.4, 0.5) is 23.5 Å². The number of ether oxygens (including phenoxy) is 1. The Hall–Kier alpha value is -2.28. The number of nitrogens with one attached hydrogen (secondary N) is 1. The number of hydrogen-bond donors (Lipinski definition) is 1. The summed E-state index contributed by atoms with van der Waals surface area (Å²) in [6.45, 7) is 3.96. The summed E-state index contributed by atoms with van der Waals surface area (Å²) in [5, 5.41) is 3.89. The van der Waals surface area contributed by atoms with E-state index in [1.54, 1.807) is 13.2 Å². The molecule has 7 nitrogen and oxygen atoms in total. The second-order valence-electron chi connectivity index (χ2n) is 6.62. The average Bonchev–Trinajstić information content (AvgIpc) is 3.36. The molecule has 0 atom stereocenters. The first-order chi connectivity index (χ1) is 12.7. The topological polar surface area (TPSA) is 66.4 Å². The van der Waals surface area contributed by atoms with Crippen LogP contribution in [0.5, 0.6) is 5.75 Å². The van der Waals surface area contributed by atoms with Gasteiger partial charge in [-0.25, -0.2) is 0 Å². The van der Waals surface area contributed by atoms with Crippen molar-refractivity contribution in [3.63, 3.8) is 0 Å².